The molecule has 9 nitrogen and oxygen atoms in total. The number of aromatic nitrogens is 4. The van der Waals surface area contributed by atoms with E-state index in [2.05, 4.69) is 22.0 Å². The molecule has 1 unspecified atom stereocenters. The Morgan fingerprint density at radius 1 is 1.14 bits per heavy atom. The fourth-order valence-electron chi connectivity index (χ4n) is 4.65. The number of anilines is 1. The molecule has 0 saturated carbocycles. The molecule has 1 aliphatic heterocycles. The smallest absolute Gasteiger partial charge is 0.227 e. The maximum atomic E-state index is 13.1. The molecule has 1 amide bonds. The molecule has 1 saturated heterocycles. The quantitative estimate of drug-likeness (QED) is 0.406. The van der Waals surface area contributed by atoms with Crippen molar-refractivity contribution in [1.29, 1.82) is 0 Å². The predicted octanol–water partition coefficient (Wildman–Crippen LogP) is 3.37. The van der Waals surface area contributed by atoms with Crippen LogP contribution in [-0.2, 0) is 22.6 Å². The molecule has 0 spiro atoms. The normalized spacial score (nSPS) is 16.3. The molecule has 1 atom stereocenters. The summed E-state index contributed by atoms with van der Waals surface area (Å²) in [4.78, 5) is 22.2. The number of piperazine rings is 1. The van der Waals surface area contributed by atoms with Crippen molar-refractivity contribution in [3.8, 4) is 5.75 Å². The first kappa shape index (κ1) is 23.3. The lowest BCUT2D eigenvalue weighted by molar-refractivity contribution is -0.132. The molecule has 2 aromatic heterocycles. The highest BCUT2D eigenvalue weighted by Gasteiger charge is 2.30. The number of carbonyl (C=O) groups is 1. The molecule has 4 aromatic rings. The lowest BCUT2D eigenvalue weighted by Crippen LogP contribution is -2.55. The molecular weight excluding hydrogens is 468 g/mol. The fraction of sp³-hybridized carbons (Fsp3) is 0.360. The number of carbonyl (C=O) groups excluding carboxylic acids is 1. The molecule has 1 fully saturated rings. The van der Waals surface area contributed by atoms with Gasteiger partial charge in [-0.2, -0.15) is 0 Å². The average Bonchev–Trinajstić information content (AvgIpc) is 3.27. The maximum absolute atomic E-state index is 13.1. The van der Waals surface area contributed by atoms with E-state index in [9.17, 15) is 4.79 Å². The molecule has 0 aliphatic carbocycles. The summed E-state index contributed by atoms with van der Waals surface area (Å²) in [6, 6.07) is 13.2. The highest BCUT2D eigenvalue weighted by atomic mass is 35.5. The second kappa shape index (κ2) is 9.67. The minimum Gasteiger partial charge on any atom is -0.497 e. The minimum atomic E-state index is -0.00359. The Balaban J connectivity index is 1.43. The summed E-state index contributed by atoms with van der Waals surface area (Å²) >= 11 is 6.26. The van der Waals surface area contributed by atoms with E-state index in [4.69, 9.17) is 26.1 Å². The lowest BCUT2D eigenvalue weighted by atomic mass is 10.1. The maximum Gasteiger partial charge on any atom is 0.227 e. The lowest BCUT2D eigenvalue weighted by Gasteiger charge is -2.40. The molecule has 10 heteroatoms. The molecule has 0 bridgehead atoms. The summed E-state index contributed by atoms with van der Waals surface area (Å²) in [6.45, 7) is 4.22. The van der Waals surface area contributed by atoms with Gasteiger partial charge >= 0.3 is 0 Å². The summed E-state index contributed by atoms with van der Waals surface area (Å²) in [5, 5.41) is 10.3. The van der Waals surface area contributed by atoms with E-state index in [1.54, 1.807) is 14.2 Å². The van der Waals surface area contributed by atoms with Crippen molar-refractivity contribution in [3.05, 3.63) is 58.9 Å². The van der Waals surface area contributed by atoms with Gasteiger partial charge in [0.15, 0.2) is 11.5 Å². The third kappa shape index (κ3) is 4.49. The zero-order chi connectivity index (χ0) is 24.5. The first-order chi connectivity index (χ1) is 17.0. The molecular formula is C25H27ClN6O3. The van der Waals surface area contributed by atoms with Gasteiger partial charge in [0, 0.05) is 43.2 Å². The van der Waals surface area contributed by atoms with Crippen LogP contribution in [0.3, 0.4) is 0 Å². The van der Waals surface area contributed by atoms with Crippen LogP contribution >= 0.6 is 11.6 Å². The SMILES string of the molecule is COCc1nnc2c3ccc(Cl)cc3nc(N3CCN(C(=O)Cc4cccc(OC)c4)C(C)C3)n12. The van der Waals surface area contributed by atoms with Crippen LogP contribution in [0.4, 0.5) is 5.95 Å². The van der Waals surface area contributed by atoms with E-state index in [0.29, 0.717) is 49.2 Å². The van der Waals surface area contributed by atoms with E-state index in [1.807, 2.05) is 51.8 Å². The van der Waals surface area contributed by atoms with Crippen molar-refractivity contribution < 1.29 is 14.3 Å². The summed E-state index contributed by atoms with van der Waals surface area (Å²) in [7, 11) is 3.26. The minimum absolute atomic E-state index is 0.00359. The van der Waals surface area contributed by atoms with Crippen molar-refractivity contribution in [2.45, 2.75) is 26.0 Å². The topological polar surface area (TPSA) is 85.1 Å². The van der Waals surface area contributed by atoms with E-state index >= 15 is 0 Å². The van der Waals surface area contributed by atoms with E-state index in [0.717, 1.165) is 28.2 Å². The second-order valence-corrected chi connectivity index (χ2v) is 9.13. The fourth-order valence-corrected chi connectivity index (χ4v) is 4.81. The number of hydrogen-bond donors (Lipinski definition) is 0. The summed E-state index contributed by atoms with van der Waals surface area (Å²) in [6.07, 6.45) is 0.335. The van der Waals surface area contributed by atoms with Gasteiger partial charge < -0.3 is 19.3 Å². The number of fused-ring (bicyclic) bond motifs is 3. The van der Waals surface area contributed by atoms with Crippen molar-refractivity contribution >= 4 is 40.0 Å². The Morgan fingerprint density at radius 3 is 2.77 bits per heavy atom. The highest BCUT2D eigenvalue weighted by Crippen LogP contribution is 2.28. The van der Waals surface area contributed by atoms with Gasteiger partial charge in [-0.15, -0.1) is 10.2 Å². The standard InChI is InChI=1S/C25H27ClN6O3/c1-16-14-30(9-10-31(16)23(33)12-17-5-4-6-19(11-17)35-3)25-27-21-13-18(26)7-8-20(21)24-29-28-22(15-34-2)32(24)25/h4-8,11,13,16H,9-10,12,14-15H2,1-3H3. The van der Waals surface area contributed by atoms with Crippen LogP contribution in [0.5, 0.6) is 5.75 Å². The van der Waals surface area contributed by atoms with Crippen LogP contribution < -0.4 is 9.64 Å². The molecule has 3 heterocycles. The molecule has 35 heavy (non-hydrogen) atoms. The van der Waals surface area contributed by atoms with E-state index in [-0.39, 0.29) is 11.9 Å². The van der Waals surface area contributed by atoms with E-state index in [1.165, 1.54) is 0 Å². The van der Waals surface area contributed by atoms with Crippen LogP contribution in [-0.4, -0.2) is 70.3 Å². The zero-order valence-electron chi connectivity index (χ0n) is 19.9. The van der Waals surface area contributed by atoms with Crippen LogP contribution in [0, 0.1) is 0 Å². The van der Waals surface area contributed by atoms with Gasteiger partial charge in [0.2, 0.25) is 11.9 Å². The van der Waals surface area contributed by atoms with Gasteiger partial charge in [-0.3, -0.25) is 4.79 Å². The van der Waals surface area contributed by atoms with Gasteiger partial charge in [0.05, 0.1) is 19.0 Å². The number of ether oxygens (including phenoxy) is 2. The van der Waals surface area contributed by atoms with Gasteiger partial charge in [-0.05, 0) is 42.8 Å². The van der Waals surface area contributed by atoms with Crippen molar-refractivity contribution in [1.82, 2.24) is 24.5 Å². The summed E-state index contributed by atoms with van der Waals surface area (Å²) < 4.78 is 12.6. The monoisotopic (exact) mass is 494 g/mol. The second-order valence-electron chi connectivity index (χ2n) is 8.69. The Hall–Kier alpha value is -3.43. The summed E-state index contributed by atoms with van der Waals surface area (Å²) in [5.41, 5.74) is 2.39. The third-order valence-corrected chi connectivity index (χ3v) is 6.58. The van der Waals surface area contributed by atoms with Gasteiger partial charge in [-0.1, -0.05) is 23.7 Å². The number of rotatable bonds is 6. The molecule has 1 aliphatic rings. The number of amides is 1. The van der Waals surface area contributed by atoms with Crippen LogP contribution in [0.2, 0.25) is 5.02 Å². The highest BCUT2D eigenvalue weighted by molar-refractivity contribution is 6.31. The Bertz CT molecular complexity index is 1390. The van der Waals surface area contributed by atoms with Gasteiger partial charge in [0.1, 0.15) is 12.4 Å². The molecule has 5 rings (SSSR count). The molecule has 2 aromatic carbocycles. The Labute approximate surface area is 208 Å². The number of methoxy groups -OCH3 is 2. The first-order valence-electron chi connectivity index (χ1n) is 11.5. The number of nitrogens with zero attached hydrogens (tertiary/aromatic N) is 6. The molecule has 0 N–H and O–H groups in total. The van der Waals surface area contributed by atoms with Crippen molar-refractivity contribution in [2.75, 3.05) is 38.8 Å². The van der Waals surface area contributed by atoms with Crippen LogP contribution in [0.25, 0.3) is 16.6 Å². The van der Waals surface area contributed by atoms with Gasteiger partial charge in [0.25, 0.3) is 0 Å². The van der Waals surface area contributed by atoms with Crippen molar-refractivity contribution in [3.63, 3.8) is 0 Å². The largest absolute Gasteiger partial charge is 0.497 e. The van der Waals surface area contributed by atoms with Gasteiger partial charge in [-0.25, -0.2) is 9.38 Å². The third-order valence-electron chi connectivity index (χ3n) is 6.34. The molecule has 182 valence electrons. The predicted molar refractivity (Wildman–Crippen MR) is 134 cm³/mol. The number of benzene rings is 2. The number of halogens is 1. The van der Waals surface area contributed by atoms with E-state index < -0.39 is 0 Å². The molecule has 0 radical (unpaired) electrons. The van der Waals surface area contributed by atoms with Crippen molar-refractivity contribution in [2.24, 2.45) is 0 Å². The Morgan fingerprint density at radius 2 is 2.00 bits per heavy atom. The average molecular weight is 495 g/mol. The number of hydrogen-bond acceptors (Lipinski definition) is 7. The van der Waals surface area contributed by atoms with Crippen LogP contribution in [0.1, 0.15) is 18.3 Å². The first-order valence-corrected chi connectivity index (χ1v) is 11.9. The zero-order valence-corrected chi connectivity index (χ0v) is 20.7. The van der Waals surface area contributed by atoms with Crippen LogP contribution in [0.15, 0.2) is 42.5 Å². The Kier molecular flexibility index (Phi) is 6.44. The summed E-state index contributed by atoms with van der Waals surface area (Å²) in [5.74, 6) is 2.24.